The van der Waals surface area contributed by atoms with E-state index >= 15 is 0 Å². The van der Waals surface area contributed by atoms with Crippen LogP contribution in [0.15, 0.2) is 73.1 Å². The molecule has 2 amide bonds. The number of hydrogen-bond donors (Lipinski definition) is 2. The Morgan fingerprint density at radius 2 is 1.77 bits per heavy atom. The van der Waals surface area contributed by atoms with E-state index in [0.717, 1.165) is 22.0 Å². The number of amides is 2. The van der Waals surface area contributed by atoms with Crippen molar-refractivity contribution in [3.8, 4) is 11.3 Å². The van der Waals surface area contributed by atoms with Gasteiger partial charge in [-0.1, -0.05) is 18.2 Å². The Morgan fingerprint density at radius 1 is 0.933 bits per heavy atom. The summed E-state index contributed by atoms with van der Waals surface area (Å²) in [5, 5.41) is 6.50. The minimum atomic E-state index is -0.231. The van der Waals surface area contributed by atoms with E-state index in [2.05, 4.69) is 20.6 Å². The molecule has 0 saturated heterocycles. The highest BCUT2D eigenvalue weighted by atomic mass is 16.2. The Hall–Kier alpha value is -4.06. The number of carbonyl (C=O) groups excluding carboxylic acids is 2. The van der Waals surface area contributed by atoms with Crippen molar-refractivity contribution in [2.75, 3.05) is 10.6 Å². The van der Waals surface area contributed by atoms with Crippen LogP contribution in [0.2, 0.25) is 0 Å². The maximum Gasteiger partial charge on any atom is 0.256 e. The minimum Gasteiger partial charge on any atom is -0.326 e. The minimum absolute atomic E-state index is 0.138. The number of hydrogen-bond acceptors (Lipinski definition) is 4. The van der Waals surface area contributed by atoms with Crippen LogP contribution in [0, 0.1) is 6.92 Å². The fourth-order valence-corrected chi connectivity index (χ4v) is 3.30. The summed E-state index contributed by atoms with van der Waals surface area (Å²) in [5.41, 5.74) is 5.02. The molecule has 6 heteroatoms. The number of para-hydroxylation sites is 1. The predicted molar refractivity (Wildman–Crippen MR) is 118 cm³/mol. The van der Waals surface area contributed by atoms with E-state index in [-0.39, 0.29) is 11.8 Å². The normalized spacial score (nSPS) is 10.6. The van der Waals surface area contributed by atoms with Gasteiger partial charge in [0.25, 0.3) is 5.91 Å². The van der Waals surface area contributed by atoms with E-state index in [1.54, 1.807) is 30.6 Å². The second-order valence-corrected chi connectivity index (χ2v) is 6.98. The van der Waals surface area contributed by atoms with Gasteiger partial charge in [0.05, 0.1) is 16.8 Å². The first-order chi connectivity index (χ1) is 14.5. The van der Waals surface area contributed by atoms with Crippen LogP contribution in [-0.4, -0.2) is 21.8 Å². The molecule has 0 radical (unpaired) electrons. The van der Waals surface area contributed by atoms with Gasteiger partial charge in [-0.3, -0.25) is 14.6 Å². The highest BCUT2D eigenvalue weighted by Crippen LogP contribution is 2.26. The molecular weight excluding hydrogens is 376 g/mol. The molecule has 0 saturated carbocycles. The van der Waals surface area contributed by atoms with Crippen molar-refractivity contribution in [2.45, 2.75) is 13.8 Å². The van der Waals surface area contributed by atoms with Crippen LogP contribution in [0.4, 0.5) is 11.4 Å². The topological polar surface area (TPSA) is 84.0 Å². The third-order valence-corrected chi connectivity index (χ3v) is 4.71. The van der Waals surface area contributed by atoms with Crippen molar-refractivity contribution in [1.82, 2.24) is 9.97 Å². The number of fused-ring (bicyclic) bond motifs is 1. The summed E-state index contributed by atoms with van der Waals surface area (Å²) >= 11 is 0. The summed E-state index contributed by atoms with van der Waals surface area (Å²) in [4.78, 5) is 33.3. The Morgan fingerprint density at radius 3 is 2.50 bits per heavy atom. The SMILES string of the molecule is CC(=O)Nc1ccc(NC(=O)c2cc(-c3cccnc3)nc3ccccc23)cc1C. The summed E-state index contributed by atoms with van der Waals surface area (Å²) in [6.45, 7) is 3.34. The average molecular weight is 396 g/mol. The number of rotatable bonds is 4. The Labute approximate surface area is 174 Å². The van der Waals surface area contributed by atoms with Crippen molar-refractivity contribution in [1.29, 1.82) is 0 Å². The second kappa shape index (κ2) is 8.13. The van der Waals surface area contributed by atoms with Crippen molar-refractivity contribution in [2.24, 2.45) is 0 Å². The lowest BCUT2D eigenvalue weighted by molar-refractivity contribution is -0.114. The lowest BCUT2D eigenvalue weighted by atomic mass is 10.0. The number of aryl methyl sites for hydroxylation is 1. The van der Waals surface area contributed by atoms with E-state index in [4.69, 9.17) is 0 Å². The molecular formula is C24H20N4O2. The van der Waals surface area contributed by atoms with Crippen LogP contribution < -0.4 is 10.6 Å². The largest absolute Gasteiger partial charge is 0.326 e. The monoisotopic (exact) mass is 396 g/mol. The quantitative estimate of drug-likeness (QED) is 0.518. The average Bonchev–Trinajstić information content (AvgIpc) is 2.75. The van der Waals surface area contributed by atoms with Gasteiger partial charge in [-0.05, 0) is 55.0 Å². The summed E-state index contributed by atoms with van der Waals surface area (Å²) < 4.78 is 0. The third-order valence-electron chi connectivity index (χ3n) is 4.71. The number of benzene rings is 2. The fourth-order valence-electron chi connectivity index (χ4n) is 3.30. The second-order valence-electron chi connectivity index (χ2n) is 6.98. The van der Waals surface area contributed by atoms with Gasteiger partial charge in [0, 0.05) is 41.6 Å². The van der Waals surface area contributed by atoms with Gasteiger partial charge in [0.15, 0.2) is 0 Å². The van der Waals surface area contributed by atoms with Gasteiger partial charge >= 0.3 is 0 Å². The summed E-state index contributed by atoms with van der Waals surface area (Å²) in [6.07, 6.45) is 3.42. The van der Waals surface area contributed by atoms with Gasteiger partial charge < -0.3 is 10.6 Å². The number of anilines is 2. The van der Waals surface area contributed by atoms with E-state index in [0.29, 0.717) is 22.6 Å². The Balaban J connectivity index is 1.71. The van der Waals surface area contributed by atoms with Crippen LogP contribution in [0.3, 0.4) is 0 Å². The van der Waals surface area contributed by atoms with Gasteiger partial charge in [0.1, 0.15) is 0 Å². The Bertz CT molecular complexity index is 1250. The lowest BCUT2D eigenvalue weighted by Gasteiger charge is -2.12. The zero-order valence-corrected chi connectivity index (χ0v) is 16.6. The highest BCUT2D eigenvalue weighted by molar-refractivity contribution is 6.13. The molecule has 2 aromatic carbocycles. The van der Waals surface area contributed by atoms with Gasteiger partial charge in [-0.2, -0.15) is 0 Å². The van der Waals surface area contributed by atoms with Crippen LogP contribution in [0.25, 0.3) is 22.2 Å². The molecule has 0 bridgehead atoms. The van der Waals surface area contributed by atoms with Gasteiger partial charge in [-0.25, -0.2) is 4.98 Å². The fraction of sp³-hybridized carbons (Fsp3) is 0.0833. The molecule has 148 valence electrons. The molecule has 2 aromatic heterocycles. The summed E-state index contributed by atoms with van der Waals surface area (Å²) in [6, 6.07) is 18.5. The third kappa shape index (κ3) is 4.03. The molecule has 4 rings (SSSR count). The first-order valence-electron chi connectivity index (χ1n) is 9.51. The molecule has 4 aromatic rings. The lowest BCUT2D eigenvalue weighted by Crippen LogP contribution is -2.14. The van der Waals surface area contributed by atoms with Gasteiger partial charge in [0.2, 0.25) is 5.91 Å². The molecule has 30 heavy (non-hydrogen) atoms. The van der Waals surface area contributed by atoms with Crippen LogP contribution in [0.5, 0.6) is 0 Å². The Kier molecular flexibility index (Phi) is 5.22. The van der Waals surface area contributed by atoms with Gasteiger partial charge in [-0.15, -0.1) is 0 Å². The zero-order chi connectivity index (χ0) is 21.1. The first kappa shape index (κ1) is 19.3. The van der Waals surface area contributed by atoms with Crippen molar-refractivity contribution in [3.63, 3.8) is 0 Å². The van der Waals surface area contributed by atoms with E-state index in [9.17, 15) is 9.59 Å². The molecule has 0 aliphatic heterocycles. The molecule has 0 aliphatic rings. The summed E-state index contributed by atoms with van der Waals surface area (Å²) in [5.74, 6) is -0.369. The number of carbonyl (C=O) groups is 2. The number of pyridine rings is 2. The molecule has 6 nitrogen and oxygen atoms in total. The predicted octanol–water partition coefficient (Wildman–Crippen LogP) is 4.82. The maximum atomic E-state index is 13.2. The van der Waals surface area contributed by atoms with Crippen molar-refractivity contribution < 1.29 is 9.59 Å². The maximum absolute atomic E-state index is 13.2. The van der Waals surface area contributed by atoms with E-state index in [1.807, 2.05) is 49.4 Å². The van der Waals surface area contributed by atoms with Crippen LogP contribution >= 0.6 is 0 Å². The molecule has 0 atom stereocenters. The molecule has 0 unspecified atom stereocenters. The zero-order valence-electron chi connectivity index (χ0n) is 16.6. The number of aromatic nitrogens is 2. The smallest absolute Gasteiger partial charge is 0.256 e. The van der Waals surface area contributed by atoms with Crippen LogP contribution in [0.1, 0.15) is 22.8 Å². The molecule has 2 heterocycles. The van der Waals surface area contributed by atoms with Crippen molar-refractivity contribution in [3.05, 3.63) is 84.2 Å². The molecule has 0 spiro atoms. The van der Waals surface area contributed by atoms with Crippen molar-refractivity contribution >= 4 is 34.1 Å². The molecule has 2 N–H and O–H groups in total. The number of nitrogens with one attached hydrogen (secondary N) is 2. The molecule has 0 aliphatic carbocycles. The summed E-state index contributed by atoms with van der Waals surface area (Å²) in [7, 11) is 0. The first-order valence-corrected chi connectivity index (χ1v) is 9.51. The van der Waals surface area contributed by atoms with Crippen LogP contribution in [-0.2, 0) is 4.79 Å². The number of nitrogens with zero attached hydrogens (tertiary/aromatic N) is 2. The standard InChI is InChI=1S/C24H20N4O2/c1-15-12-18(9-10-21(15)26-16(2)29)27-24(30)20-13-23(17-6-5-11-25-14-17)28-22-8-4-3-7-19(20)22/h3-14H,1-2H3,(H,26,29)(H,27,30). The molecule has 0 fully saturated rings. The highest BCUT2D eigenvalue weighted by Gasteiger charge is 2.15. The van der Waals surface area contributed by atoms with E-state index < -0.39 is 0 Å². The van der Waals surface area contributed by atoms with E-state index in [1.165, 1.54) is 6.92 Å².